The highest BCUT2D eigenvalue weighted by Gasteiger charge is 2.53. The smallest absolute Gasteiger partial charge is 0.416 e. The predicted molar refractivity (Wildman–Crippen MR) is 94.5 cm³/mol. The highest BCUT2D eigenvalue weighted by atomic mass is 19.4. The summed E-state index contributed by atoms with van der Waals surface area (Å²) in [5, 5.41) is 2.80. The second kappa shape index (κ2) is 6.67. The van der Waals surface area contributed by atoms with Gasteiger partial charge in [0.25, 0.3) is 0 Å². The molecule has 0 aromatic heterocycles. The first-order chi connectivity index (χ1) is 13.2. The van der Waals surface area contributed by atoms with Gasteiger partial charge in [-0.3, -0.25) is 4.79 Å². The molecule has 28 heavy (non-hydrogen) atoms. The Hall–Kier alpha value is -2.25. The van der Waals surface area contributed by atoms with Crippen LogP contribution < -0.4 is 5.32 Å². The van der Waals surface area contributed by atoms with Crippen LogP contribution in [0.1, 0.15) is 49.7 Å². The normalized spacial score (nSPS) is 32.6. The molecule has 0 bridgehead atoms. The molecule has 1 aliphatic carbocycles. The number of nitrogens with one attached hydrogen (secondary N) is 1. The van der Waals surface area contributed by atoms with Gasteiger partial charge in [-0.1, -0.05) is 12.1 Å². The highest BCUT2D eigenvalue weighted by Crippen LogP contribution is 2.43. The molecule has 3 fully saturated rings. The van der Waals surface area contributed by atoms with Gasteiger partial charge in [-0.15, -0.1) is 0 Å². The van der Waals surface area contributed by atoms with E-state index in [0.29, 0.717) is 26.0 Å². The number of alkyl carbamates (subject to hydrolysis) is 1. The molecule has 1 spiro atoms. The Morgan fingerprint density at radius 1 is 1.25 bits per heavy atom. The largest absolute Gasteiger partial charge is 0.447 e. The number of rotatable bonds is 2. The molecular weight excluding hydrogens is 373 g/mol. The number of likely N-dealkylation sites (tertiary alicyclic amines) is 1. The van der Waals surface area contributed by atoms with Crippen molar-refractivity contribution in [2.75, 3.05) is 13.2 Å². The number of hydrogen-bond donors (Lipinski definition) is 1. The Morgan fingerprint density at radius 2 is 1.93 bits per heavy atom. The van der Waals surface area contributed by atoms with Gasteiger partial charge in [-0.2, -0.15) is 13.2 Å². The minimum Gasteiger partial charge on any atom is -0.447 e. The SMILES string of the molecule is C[C@H]1C[C@H](c2ccc(C(F)(F)F)cc2)CCN1C(=O)C1CC2(COC(=O)N2)C1. The van der Waals surface area contributed by atoms with Gasteiger partial charge in [0.05, 0.1) is 11.1 Å². The summed E-state index contributed by atoms with van der Waals surface area (Å²) < 4.78 is 43.2. The van der Waals surface area contributed by atoms with Crippen molar-refractivity contribution in [2.45, 2.75) is 56.3 Å². The zero-order chi connectivity index (χ0) is 20.1. The number of alkyl halides is 3. The molecule has 3 aliphatic rings. The molecule has 2 aliphatic heterocycles. The van der Waals surface area contributed by atoms with Crippen molar-refractivity contribution in [1.82, 2.24) is 10.2 Å². The molecule has 152 valence electrons. The summed E-state index contributed by atoms with van der Waals surface area (Å²) >= 11 is 0. The number of carbonyl (C=O) groups is 2. The van der Waals surface area contributed by atoms with Gasteiger partial charge >= 0.3 is 12.3 Å². The van der Waals surface area contributed by atoms with Crippen molar-refractivity contribution in [3.8, 4) is 0 Å². The average Bonchev–Trinajstić information content (AvgIpc) is 3.01. The van der Waals surface area contributed by atoms with Crippen molar-refractivity contribution in [3.63, 3.8) is 0 Å². The molecule has 1 aromatic carbocycles. The van der Waals surface area contributed by atoms with E-state index in [1.165, 1.54) is 0 Å². The van der Waals surface area contributed by atoms with E-state index in [1.54, 1.807) is 12.1 Å². The highest BCUT2D eigenvalue weighted by molar-refractivity contribution is 5.82. The molecule has 2 saturated heterocycles. The predicted octanol–water partition coefficient (Wildman–Crippen LogP) is 3.69. The van der Waals surface area contributed by atoms with Crippen LogP contribution in [-0.2, 0) is 15.7 Å². The Kier molecular flexibility index (Phi) is 4.55. The van der Waals surface area contributed by atoms with Crippen molar-refractivity contribution in [1.29, 1.82) is 0 Å². The van der Waals surface area contributed by atoms with Crippen molar-refractivity contribution >= 4 is 12.0 Å². The Balaban J connectivity index is 1.34. The summed E-state index contributed by atoms with van der Waals surface area (Å²) in [6.07, 6.45) is -2.08. The van der Waals surface area contributed by atoms with Crippen LogP contribution in [0.3, 0.4) is 0 Å². The number of amides is 2. The van der Waals surface area contributed by atoms with Crippen LogP contribution in [-0.4, -0.2) is 41.6 Å². The van der Waals surface area contributed by atoms with Gasteiger partial charge in [-0.25, -0.2) is 4.79 Å². The Labute approximate surface area is 161 Å². The van der Waals surface area contributed by atoms with Gasteiger partial charge in [-0.05, 0) is 56.2 Å². The van der Waals surface area contributed by atoms with E-state index in [9.17, 15) is 22.8 Å². The van der Waals surface area contributed by atoms with E-state index in [4.69, 9.17) is 4.74 Å². The molecule has 5 nitrogen and oxygen atoms in total. The Bertz CT molecular complexity index is 772. The summed E-state index contributed by atoms with van der Waals surface area (Å²) in [5.74, 6) is 0.147. The summed E-state index contributed by atoms with van der Waals surface area (Å²) in [4.78, 5) is 26.0. The third kappa shape index (κ3) is 3.44. The lowest BCUT2D eigenvalue weighted by molar-refractivity contribution is -0.144. The lowest BCUT2D eigenvalue weighted by Crippen LogP contribution is -2.59. The molecule has 0 radical (unpaired) electrons. The van der Waals surface area contributed by atoms with E-state index in [2.05, 4.69) is 5.32 Å². The number of hydrogen-bond acceptors (Lipinski definition) is 3. The third-order valence-electron chi connectivity index (χ3n) is 6.34. The molecule has 0 unspecified atom stereocenters. The average molecular weight is 396 g/mol. The van der Waals surface area contributed by atoms with Crippen LogP contribution >= 0.6 is 0 Å². The summed E-state index contributed by atoms with van der Waals surface area (Å²) in [5.41, 5.74) is -0.127. The number of halogens is 3. The van der Waals surface area contributed by atoms with E-state index < -0.39 is 17.8 Å². The van der Waals surface area contributed by atoms with Crippen molar-refractivity contribution < 1.29 is 27.5 Å². The van der Waals surface area contributed by atoms with Gasteiger partial charge in [0, 0.05) is 18.5 Å². The minimum atomic E-state index is -4.33. The quantitative estimate of drug-likeness (QED) is 0.830. The maximum atomic E-state index is 12.9. The molecule has 1 saturated carbocycles. The minimum absolute atomic E-state index is 0.0273. The third-order valence-corrected chi connectivity index (χ3v) is 6.34. The second-order valence-electron chi connectivity index (χ2n) is 8.31. The maximum Gasteiger partial charge on any atom is 0.416 e. The van der Waals surface area contributed by atoms with Crippen molar-refractivity contribution in [2.24, 2.45) is 5.92 Å². The number of benzene rings is 1. The van der Waals surface area contributed by atoms with Crippen LogP contribution in [0.5, 0.6) is 0 Å². The fourth-order valence-corrected chi connectivity index (χ4v) is 4.75. The lowest BCUT2D eigenvalue weighted by Gasteiger charge is -2.46. The lowest BCUT2D eigenvalue weighted by atomic mass is 9.68. The molecule has 8 heteroatoms. The van der Waals surface area contributed by atoms with Crippen LogP contribution in [0.15, 0.2) is 24.3 Å². The van der Waals surface area contributed by atoms with E-state index in [0.717, 1.165) is 30.5 Å². The number of carbonyl (C=O) groups excluding carboxylic acids is 2. The zero-order valence-electron chi connectivity index (χ0n) is 15.6. The molecule has 4 rings (SSSR count). The maximum absolute atomic E-state index is 12.9. The first kappa shape index (κ1) is 19.1. The first-order valence-electron chi connectivity index (χ1n) is 9.59. The van der Waals surface area contributed by atoms with Gasteiger partial charge in [0.15, 0.2) is 0 Å². The zero-order valence-corrected chi connectivity index (χ0v) is 15.6. The van der Waals surface area contributed by atoms with Crippen LogP contribution in [0, 0.1) is 5.92 Å². The standard InChI is InChI=1S/C20H23F3N2O3/c1-12-8-14(13-2-4-16(5-3-13)20(21,22)23)6-7-25(12)17(26)15-9-19(10-15)11-28-18(27)24-19/h2-5,12,14-15H,6-11H2,1H3,(H,24,27)/t12-,14+,15?,19?/m0/s1. The molecule has 2 heterocycles. The van der Waals surface area contributed by atoms with Crippen LogP contribution in [0.2, 0.25) is 0 Å². The molecular formula is C20H23F3N2O3. The van der Waals surface area contributed by atoms with Crippen LogP contribution in [0.25, 0.3) is 0 Å². The van der Waals surface area contributed by atoms with E-state index in [-0.39, 0.29) is 29.3 Å². The number of piperidine rings is 1. The van der Waals surface area contributed by atoms with Crippen molar-refractivity contribution in [3.05, 3.63) is 35.4 Å². The molecule has 2 atom stereocenters. The monoisotopic (exact) mass is 396 g/mol. The molecule has 1 N–H and O–H groups in total. The van der Waals surface area contributed by atoms with Gasteiger partial charge in [0.1, 0.15) is 6.61 Å². The second-order valence-corrected chi connectivity index (χ2v) is 8.31. The van der Waals surface area contributed by atoms with Gasteiger partial charge in [0.2, 0.25) is 5.91 Å². The summed E-state index contributed by atoms with van der Waals surface area (Å²) in [7, 11) is 0. The number of ether oxygens (including phenoxy) is 1. The first-order valence-corrected chi connectivity index (χ1v) is 9.59. The van der Waals surface area contributed by atoms with E-state index in [1.807, 2.05) is 11.8 Å². The molecule has 2 amide bonds. The number of cyclic esters (lactones) is 1. The Morgan fingerprint density at radius 3 is 2.46 bits per heavy atom. The molecule has 1 aromatic rings. The van der Waals surface area contributed by atoms with Crippen LogP contribution in [0.4, 0.5) is 18.0 Å². The summed E-state index contributed by atoms with van der Waals surface area (Å²) in [6.45, 7) is 2.91. The topological polar surface area (TPSA) is 58.6 Å². The van der Waals surface area contributed by atoms with Gasteiger partial charge < -0.3 is 15.0 Å². The van der Waals surface area contributed by atoms with E-state index >= 15 is 0 Å². The fraction of sp³-hybridized carbons (Fsp3) is 0.600. The number of nitrogens with zero attached hydrogens (tertiary/aromatic N) is 1. The fourth-order valence-electron chi connectivity index (χ4n) is 4.75. The summed E-state index contributed by atoms with van der Waals surface area (Å²) in [6, 6.07) is 5.39.